The minimum atomic E-state index is -1.01. The number of hydrogen-bond acceptors (Lipinski definition) is 2. The highest BCUT2D eigenvalue weighted by atomic mass is 35.5. The van der Waals surface area contributed by atoms with E-state index in [2.05, 4.69) is 0 Å². The van der Waals surface area contributed by atoms with E-state index in [-0.39, 0.29) is 29.6 Å². The first-order chi connectivity index (χ1) is 12.9. The topological polar surface area (TPSA) is 46.7 Å². The van der Waals surface area contributed by atoms with Crippen molar-refractivity contribution in [1.82, 2.24) is 13.9 Å². The van der Waals surface area contributed by atoms with E-state index in [1.54, 1.807) is 28.9 Å². The van der Waals surface area contributed by atoms with Gasteiger partial charge in [-0.25, -0.2) is 8.78 Å². The number of aromatic nitrogens is 2. The SMILES string of the molecule is O=C(Cn1ccn2ccc(-c3ccc(F)c(Cl)c3)c2c1=O)N1CCC(F)C1. The van der Waals surface area contributed by atoms with Crippen LogP contribution in [0.1, 0.15) is 6.42 Å². The lowest BCUT2D eigenvalue weighted by molar-refractivity contribution is -0.131. The number of fused-ring (bicyclic) bond motifs is 1. The third-order valence-corrected chi connectivity index (χ3v) is 5.10. The van der Waals surface area contributed by atoms with Crippen LogP contribution in [-0.2, 0) is 11.3 Å². The van der Waals surface area contributed by atoms with Crippen molar-refractivity contribution in [3.05, 3.63) is 64.0 Å². The second-order valence-electron chi connectivity index (χ2n) is 6.57. The summed E-state index contributed by atoms with van der Waals surface area (Å²) >= 11 is 5.86. The summed E-state index contributed by atoms with van der Waals surface area (Å²) in [5.74, 6) is -0.830. The van der Waals surface area contributed by atoms with E-state index < -0.39 is 12.0 Å². The Morgan fingerprint density at radius 2 is 2.04 bits per heavy atom. The van der Waals surface area contributed by atoms with Gasteiger partial charge in [-0.2, -0.15) is 0 Å². The molecule has 0 saturated carbocycles. The lowest BCUT2D eigenvalue weighted by Gasteiger charge is -2.16. The molecule has 1 fully saturated rings. The number of carbonyl (C=O) groups is 1. The predicted octanol–water partition coefficient (Wildman–Crippen LogP) is 3.13. The van der Waals surface area contributed by atoms with Gasteiger partial charge in [-0.3, -0.25) is 9.59 Å². The molecule has 0 aliphatic carbocycles. The molecule has 1 atom stereocenters. The van der Waals surface area contributed by atoms with E-state index in [1.165, 1.54) is 27.8 Å². The molecule has 0 bridgehead atoms. The van der Waals surface area contributed by atoms with Crippen molar-refractivity contribution < 1.29 is 13.6 Å². The van der Waals surface area contributed by atoms with Crippen molar-refractivity contribution in [2.24, 2.45) is 0 Å². The van der Waals surface area contributed by atoms with Gasteiger partial charge in [0, 0.05) is 30.7 Å². The maximum absolute atomic E-state index is 13.4. The van der Waals surface area contributed by atoms with Crippen LogP contribution in [0.3, 0.4) is 0 Å². The lowest BCUT2D eigenvalue weighted by Crippen LogP contribution is -2.35. The van der Waals surface area contributed by atoms with Gasteiger partial charge in [-0.15, -0.1) is 0 Å². The maximum atomic E-state index is 13.4. The number of alkyl halides is 1. The van der Waals surface area contributed by atoms with Crippen LogP contribution in [0.5, 0.6) is 0 Å². The van der Waals surface area contributed by atoms with Crippen molar-refractivity contribution in [1.29, 1.82) is 0 Å². The number of amides is 1. The summed E-state index contributed by atoms with van der Waals surface area (Å²) in [6.45, 7) is 0.276. The molecule has 0 radical (unpaired) electrons. The first-order valence-corrected chi connectivity index (χ1v) is 8.89. The second-order valence-corrected chi connectivity index (χ2v) is 6.98. The molecule has 5 nitrogen and oxygen atoms in total. The normalized spacial score (nSPS) is 17.0. The zero-order valence-corrected chi connectivity index (χ0v) is 15.0. The highest BCUT2D eigenvalue weighted by molar-refractivity contribution is 6.31. The Bertz CT molecular complexity index is 1090. The van der Waals surface area contributed by atoms with Crippen LogP contribution in [0.15, 0.2) is 47.7 Å². The zero-order chi connectivity index (χ0) is 19.1. The van der Waals surface area contributed by atoms with E-state index in [0.29, 0.717) is 29.6 Å². The highest BCUT2D eigenvalue weighted by Gasteiger charge is 2.26. The molecule has 1 aliphatic heterocycles. The van der Waals surface area contributed by atoms with Gasteiger partial charge in [-0.05, 0) is 30.2 Å². The van der Waals surface area contributed by atoms with E-state index in [0.717, 1.165) is 0 Å². The molecule has 3 heterocycles. The van der Waals surface area contributed by atoms with Crippen molar-refractivity contribution in [3.8, 4) is 11.1 Å². The van der Waals surface area contributed by atoms with Crippen LogP contribution in [0.2, 0.25) is 5.02 Å². The van der Waals surface area contributed by atoms with Gasteiger partial charge in [0.2, 0.25) is 5.91 Å². The molecule has 1 saturated heterocycles. The number of carbonyl (C=O) groups excluding carboxylic acids is 1. The minimum Gasteiger partial charge on any atom is -0.338 e. The van der Waals surface area contributed by atoms with Gasteiger partial charge in [-0.1, -0.05) is 17.7 Å². The summed E-state index contributed by atoms with van der Waals surface area (Å²) in [4.78, 5) is 26.7. The molecule has 4 rings (SSSR count). The summed E-state index contributed by atoms with van der Waals surface area (Å²) in [5, 5.41) is -0.0342. The molecule has 140 valence electrons. The van der Waals surface area contributed by atoms with E-state index in [1.807, 2.05) is 0 Å². The number of halogens is 3. The van der Waals surface area contributed by atoms with E-state index in [4.69, 9.17) is 11.6 Å². The van der Waals surface area contributed by atoms with Gasteiger partial charge in [0.15, 0.2) is 0 Å². The highest BCUT2D eigenvalue weighted by Crippen LogP contribution is 2.27. The minimum absolute atomic E-state index is 0.0342. The fourth-order valence-electron chi connectivity index (χ4n) is 3.36. The van der Waals surface area contributed by atoms with Crippen LogP contribution in [0, 0.1) is 5.82 Å². The second kappa shape index (κ2) is 6.81. The van der Waals surface area contributed by atoms with Gasteiger partial charge in [0.1, 0.15) is 24.1 Å². The summed E-state index contributed by atoms with van der Waals surface area (Å²) in [6, 6.07) is 5.98. The van der Waals surface area contributed by atoms with Crippen LogP contribution in [0.4, 0.5) is 8.78 Å². The van der Waals surface area contributed by atoms with Crippen LogP contribution < -0.4 is 5.56 Å². The standard InChI is InChI=1S/C19H16ClF2N3O2/c20-15-9-12(1-2-16(15)22)14-4-6-23-7-8-25(19(27)18(14)23)11-17(26)24-5-3-13(21)10-24/h1-2,4,6-9,13H,3,5,10-11H2. The maximum Gasteiger partial charge on any atom is 0.275 e. The number of likely N-dealkylation sites (tertiary alicyclic amines) is 1. The third kappa shape index (κ3) is 3.23. The Kier molecular flexibility index (Phi) is 4.47. The average Bonchev–Trinajstić information content (AvgIpc) is 3.26. The Labute approximate surface area is 158 Å². The first kappa shape index (κ1) is 17.7. The molecule has 0 N–H and O–H groups in total. The number of nitrogens with zero attached hydrogens (tertiary/aromatic N) is 3. The van der Waals surface area contributed by atoms with E-state index >= 15 is 0 Å². The molecule has 8 heteroatoms. The largest absolute Gasteiger partial charge is 0.338 e. The van der Waals surface area contributed by atoms with Gasteiger partial charge in [0.05, 0.1) is 11.6 Å². The van der Waals surface area contributed by atoms with Crippen LogP contribution in [0.25, 0.3) is 16.6 Å². The monoisotopic (exact) mass is 391 g/mol. The van der Waals surface area contributed by atoms with Gasteiger partial charge < -0.3 is 13.9 Å². The van der Waals surface area contributed by atoms with Crippen molar-refractivity contribution in [2.45, 2.75) is 19.1 Å². The molecule has 0 spiro atoms. The van der Waals surface area contributed by atoms with Gasteiger partial charge >= 0.3 is 0 Å². The zero-order valence-electron chi connectivity index (χ0n) is 14.2. The van der Waals surface area contributed by atoms with Gasteiger partial charge in [0.25, 0.3) is 5.56 Å². The summed E-state index contributed by atoms with van der Waals surface area (Å²) in [6.07, 6.45) is 4.23. The molecule has 1 unspecified atom stereocenters. The molecule has 1 amide bonds. The average molecular weight is 392 g/mol. The third-order valence-electron chi connectivity index (χ3n) is 4.81. The molecule has 3 aromatic rings. The lowest BCUT2D eigenvalue weighted by atomic mass is 10.1. The Morgan fingerprint density at radius 3 is 2.74 bits per heavy atom. The quantitative estimate of drug-likeness (QED) is 0.688. The Morgan fingerprint density at radius 1 is 1.22 bits per heavy atom. The summed E-state index contributed by atoms with van der Waals surface area (Å²) in [5.41, 5.74) is 1.19. The molecule has 2 aromatic heterocycles. The first-order valence-electron chi connectivity index (χ1n) is 8.51. The van der Waals surface area contributed by atoms with Crippen molar-refractivity contribution >= 4 is 23.0 Å². The number of benzene rings is 1. The molecule has 1 aromatic carbocycles. The number of hydrogen-bond donors (Lipinski definition) is 0. The summed E-state index contributed by atoms with van der Waals surface area (Å²) < 4.78 is 29.7. The Hall–Kier alpha value is -2.67. The summed E-state index contributed by atoms with van der Waals surface area (Å²) in [7, 11) is 0. The smallest absolute Gasteiger partial charge is 0.275 e. The molecule has 27 heavy (non-hydrogen) atoms. The Balaban J connectivity index is 1.72. The molecular weight excluding hydrogens is 376 g/mol. The number of rotatable bonds is 3. The molecule has 1 aliphatic rings. The van der Waals surface area contributed by atoms with Crippen molar-refractivity contribution in [3.63, 3.8) is 0 Å². The molecular formula is C19H16ClF2N3O2. The van der Waals surface area contributed by atoms with Crippen LogP contribution in [-0.4, -0.2) is 39.0 Å². The van der Waals surface area contributed by atoms with E-state index in [9.17, 15) is 18.4 Å². The van der Waals surface area contributed by atoms with Crippen molar-refractivity contribution in [2.75, 3.05) is 13.1 Å². The fraction of sp³-hybridized carbons (Fsp3) is 0.263. The predicted molar refractivity (Wildman–Crippen MR) is 98.2 cm³/mol. The van der Waals surface area contributed by atoms with Crippen LogP contribution >= 0.6 is 11.6 Å². The fourth-order valence-corrected chi connectivity index (χ4v) is 3.54.